The van der Waals surface area contributed by atoms with E-state index in [4.69, 9.17) is 11.6 Å². The highest BCUT2D eigenvalue weighted by molar-refractivity contribution is 6.31. The molecule has 0 atom stereocenters. The number of hydrogen-bond acceptors (Lipinski definition) is 1. The number of nitrogens with one attached hydrogen (secondary N) is 1. The Labute approximate surface area is 101 Å². The zero-order valence-electron chi connectivity index (χ0n) is 9.42. The molecule has 2 nitrogen and oxygen atoms in total. The average molecular weight is 238 g/mol. The molecule has 0 radical (unpaired) electrons. The van der Waals surface area contributed by atoms with Gasteiger partial charge >= 0.3 is 0 Å². The maximum Gasteiger partial charge on any atom is 0.217 e. The van der Waals surface area contributed by atoms with Crippen molar-refractivity contribution in [2.75, 3.05) is 0 Å². The zero-order valence-corrected chi connectivity index (χ0v) is 10.2. The largest absolute Gasteiger partial charge is 0.352 e. The van der Waals surface area contributed by atoms with Crippen LogP contribution >= 0.6 is 11.6 Å². The van der Waals surface area contributed by atoms with Crippen LogP contribution in [0.3, 0.4) is 0 Å². The molecule has 1 aromatic carbocycles. The van der Waals surface area contributed by atoms with Crippen LogP contribution in [0.2, 0.25) is 5.02 Å². The smallest absolute Gasteiger partial charge is 0.217 e. The Kier molecular flexibility index (Phi) is 3.49. The Bertz CT molecular complexity index is 399. The van der Waals surface area contributed by atoms with Crippen LogP contribution in [0.1, 0.15) is 30.9 Å². The van der Waals surface area contributed by atoms with E-state index in [-0.39, 0.29) is 5.91 Å². The van der Waals surface area contributed by atoms with Gasteiger partial charge < -0.3 is 5.32 Å². The van der Waals surface area contributed by atoms with Gasteiger partial charge in [-0.1, -0.05) is 23.7 Å². The van der Waals surface area contributed by atoms with Crippen LogP contribution in [-0.4, -0.2) is 5.91 Å². The van der Waals surface area contributed by atoms with Gasteiger partial charge in [-0.2, -0.15) is 0 Å². The maximum absolute atomic E-state index is 10.8. The van der Waals surface area contributed by atoms with E-state index < -0.39 is 0 Å². The summed E-state index contributed by atoms with van der Waals surface area (Å²) in [5, 5.41) is 3.64. The van der Waals surface area contributed by atoms with Gasteiger partial charge in [-0.25, -0.2) is 0 Å². The Balaban J connectivity index is 2.04. The molecule has 1 N–H and O–H groups in total. The van der Waals surface area contributed by atoms with Crippen molar-refractivity contribution in [2.24, 2.45) is 5.92 Å². The Hall–Kier alpha value is -1.02. The minimum Gasteiger partial charge on any atom is -0.352 e. The molecule has 1 fully saturated rings. The Morgan fingerprint density at radius 2 is 2.25 bits per heavy atom. The molecule has 0 heterocycles. The number of benzene rings is 1. The van der Waals surface area contributed by atoms with Crippen molar-refractivity contribution in [3.8, 4) is 0 Å². The van der Waals surface area contributed by atoms with Crippen molar-refractivity contribution < 1.29 is 4.79 Å². The third-order valence-corrected chi connectivity index (χ3v) is 3.23. The highest BCUT2D eigenvalue weighted by Gasteiger charge is 2.22. The van der Waals surface area contributed by atoms with Crippen molar-refractivity contribution in [1.82, 2.24) is 5.32 Å². The molecule has 1 amide bonds. The average Bonchev–Trinajstić information content (AvgIpc) is 3.03. The summed E-state index contributed by atoms with van der Waals surface area (Å²) in [6.45, 7) is 2.12. The normalized spacial score (nSPS) is 14.9. The predicted octanol–water partition coefficient (Wildman–Crippen LogP) is 2.93. The van der Waals surface area contributed by atoms with Crippen molar-refractivity contribution in [3.63, 3.8) is 0 Å². The van der Waals surface area contributed by atoms with E-state index in [9.17, 15) is 4.79 Å². The van der Waals surface area contributed by atoms with E-state index in [1.807, 2.05) is 12.1 Å². The van der Waals surface area contributed by atoms with Gasteiger partial charge in [0.05, 0.1) is 0 Å². The Morgan fingerprint density at radius 1 is 1.50 bits per heavy atom. The number of amides is 1. The fourth-order valence-corrected chi connectivity index (χ4v) is 1.95. The van der Waals surface area contributed by atoms with E-state index in [0.717, 1.165) is 22.9 Å². The zero-order chi connectivity index (χ0) is 11.5. The lowest BCUT2D eigenvalue weighted by atomic mass is 10.1. The van der Waals surface area contributed by atoms with Crippen LogP contribution in [-0.2, 0) is 17.8 Å². The highest BCUT2D eigenvalue weighted by Crippen LogP contribution is 2.34. The highest BCUT2D eigenvalue weighted by atomic mass is 35.5. The van der Waals surface area contributed by atoms with E-state index in [1.165, 1.54) is 25.3 Å². The molecule has 3 heteroatoms. The molecule has 1 aliphatic carbocycles. The summed E-state index contributed by atoms with van der Waals surface area (Å²) in [6.07, 6.45) is 3.73. The van der Waals surface area contributed by atoms with Gasteiger partial charge in [-0.05, 0) is 42.4 Å². The summed E-state index contributed by atoms with van der Waals surface area (Å²) in [5.74, 6) is 0.826. The second-order valence-electron chi connectivity index (χ2n) is 4.48. The first-order valence-electron chi connectivity index (χ1n) is 5.67. The monoisotopic (exact) mass is 237 g/mol. The summed E-state index contributed by atoms with van der Waals surface area (Å²) in [7, 11) is 0. The van der Waals surface area contributed by atoms with Crippen LogP contribution < -0.4 is 5.32 Å². The van der Waals surface area contributed by atoms with E-state index in [0.29, 0.717) is 6.54 Å². The quantitative estimate of drug-likeness (QED) is 0.857. The SMILES string of the molecule is CC(=O)NCc1ccc(Cl)c(CC2CC2)c1. The van der Waals surface area contributed by atoms with Gasteiger partial charge in [0.2, 0.25) is 5.91 Å². The van der Waals surface area contributed by atoms with Gasteiger partial charge in [-0.3, -0.25) is 4.79 Å². The molecule has 0 spiro atoms. The molecule has 2 rings (SSSR count). The second kappa shape index (κ2) is 4.88. The number of halogens is 1. The van der Waals surface area contributed by atoms with Crippen molar-refractivity contribution >= 4 is 17.5 Å². The summed E-state index contributed by atoms with van der Waals surface area (Å²) in [4.78, 5) is 10.8. The molecule has 1 aliphatic rings. The van der Waals surface area contributed by atoms with Crippen LogP contribution in [0.15, 0.2) is 18.2 Å². The standard InChI is InChI=1S/C13H16ClNO/c1-9(16)15-8-11-4-5-13(14)12(7-11)6-10-2-3-10/h4-5,7,10H,2-3,6,8H2,1H3,(H,15,16). The van der Waals surface area contributed by atoms with Crippen LogP contribution in [0.4, 0.5) is 0 Å². The molecular formula is C13H16ClNO. The summed E-state index contributed by atoms with van der Waals surface area (Å²) in [6, 6.07) is 6.00. The first-order chi connectivity index (χ1) is 7.65. The Morgan fingerprint density at radius 3 is 2.88 bits per heavy atom. The lowest BCUT2D eigenvalue weighted by molar-refractivity contribution is -0.119. The fourth-order valence-electron chi connectivity index (χ4n) is 1.75. The van der Waals surface area contributed by atoms with Crippen LogP contribution in [0.25, 0.3) is 0 Å². The van der Waals surface area contributed by atoms with E-state index in [1.54, 1.807) is 0 Å². The first kappa shape index (κ1) is 11.5. The molecule has 0 aromatic heterocycles. The summed E-state index contributed by atoms with van der Waals surface area (Å²) < 4.78 is 0. The molecule has 1 saturated carbocycles. The number of carbonyl (C=O) groups excluding carboxylic acids is 1. The molecule has 86 valence electrons. The maximum atomic E-state index is 10.8. The van der Waals surface area contributed by atoms with Gasteiger partial charge in [0.15, 0.2) is 0 Å². The number of hydrogen-bond donors (Lipinski definition) is 1. The molecule has 0 bridgehead atoms. The summed E-state index contributed by atoms with van der Waals surface area (Å²) >= 11 is 6.14. The number of carbonyl (C=O) groups is 1. The van der Waals surface area contributed by atoms with Crippen molar-refractivity contribution in [3.05, 3.63) is 34.3 Å². The second-order valence-corrected chi connectivity index (χ2v) is 4.89. The van der Waals surface area contributed by atoms with Crippen LogP contribution in [0, 0.1) is 5.92 Å². The third-order valence-electron chi connectivity index (χ3n) is 2.86. The lowest BCUT2D eigenvalue weighted by Gasteiger charge is -2.07. The summed E-state index contributed by atoms with van der Waals surface area (Å²) in [5.41, 5.74) is 2.34. The van der Waals surface area contributed by atoms with E-state index >= 15 is 0 Å². The minimum atomic E-state index is -0.00121. The topological polar surface area (TPSA) is 29.1 Å². The predicted molar refractivity (Wildman–Crippen MR) is 65.4 cm³/mol. The third kappa shape index (κ3) is 3.24. The van der Waals surface area contributed by atoms with Crippen molar-refractivity contribution in [2.45, 2.75) is 32.7 Å². The molecule has 0 unspecified atom stereocenters. The van der Waals surface area contributed by atoms with Crippen molar-refractivity contribution in [1.29, 1.82) is 0 Å². The van der Waals surface area contributed by atoms with Crippen LogP contribution in [0.5, 0.6) is 0 Å². The molecule has 1 aromatic rings. The van der Waals surface area contributed by atoms with Gasteiger partial charge in [-0.15, -0.1) is 0 Å². The molecule has 0 aliphatic heterocycles. The van der Waals surface area contributed by atoms with E-state index in [2.05, 4.69) is 11.4 Å². The van der Waals surface area contributed by atoms with Gasteiger partial charge in [0.25, 0.3) is 0 Å². The molecule has 16 heavy (non-hydrogen) atoms. The van der Waals surface area contributed by atoms with Gasteiger partial charge in [0.1, 0.15) is 0 Å². The number of rotatable bonds is 4. The lowest BCUT2D eigenvalue weighted by Crippen LogP contribution is -2.18. The fraction of sp³-hybridized carbons (Fsp3) is 0.462. The minimum absolute atomic E-state index is 0.00121. The molecular weight excluding hydrogens is 222 g/mol. The van der Waals surface area contributed by atoms with Gasteiger partial charge in [0, 0.05) is 18.5 Å². The first-order valence-corrected chi connectivity index (χ1v) is 6.04. The molecule has 0 saturated heterocycles.